The third-order valence-corrected chi connectivity index (χ3v) is 2.11. The van der Waals surface area contributed by atoms with E-state index >= 15 is 0 Å². The summed E-state index contributed by atoms with van der Waals surface area (Å²) in [5, 5.41) is 0. The van der Waals surface area contributed by atoms with Gasteiger partial charge in [-0.25, -0.2) is 8.78 Å². The normalized spacial score (nSPS) is 10.7. The molecule has 0 aliphatic carbocycles. The van der Waals surface area contributed by atoms with E-state index in [0.29, 0.717) is 0 Å². The van der Waals surface area contributed by atoms with E-state index < -0.39 is 17.4 Å². The second-order valence-electron chi connectivity index (χ2n) is 2.12. The maximum Gasteiger partial charge on any atom is 0.270 e. The van der Waals surface area contributed by atoms with Gasteiger partial charge in [0.25, 0.3) is 6.43 Å². The quantitative estimate of drug-likeness (QED) is 0.607. The van der Waals surface area contributed by atoms with Crippen molar-refractivity contribution >= 4 is 28.4 Å². The fourth-order valence-electron chi connectivity index (χ4n) is 0.761. The molecule has 12 heavy (non-hydrogen) atoms. The van der Waals surface area contributed by atoms with Gasteiger partial charge in [0, 0.05) is 6.07 Å². The summed E-state index contributed by atoms with van der Waals surface area (Å²) in [5.74, 6) is 0.0915. The highest BCUT2D eigenvalue weighted by molar-refractivity contribution is 14.1. The highest BCUT2D eigenvalue weighted by Crippen LogP contribution is 2.19. The lowest BCUT2D eigenvalue weighted by molar-refractivity contribution is 0.148. The number of nitrogen functional groups attached to an aromatic ring is 1. The van der Waals surface area contributed by atoms with Crippen LogP contribution in [0.15, 0.2) is 10.9 Å². The third kappa shape index (κ3) is 1.74. The Labute approximate surface area is 80.1 Å². The van der Waals surface area contributed by atoms with Gasteiger partial charge < -0.3 is 10.7 Å². The van der Waals surface area contributed by atoms with Gasteiger partial charge in [-0.1, -0.05) is 0 Å². The van der Waals surface area contributed by atoms with E-state index in [1.807, 2.05) is 0 Å². The topological polar surface area (TPSA) is 58.9 Å². The molecule has 0 radical (unpaired) electrons. The van der Waals surface area contributed by atoms with Crippen molar-refractivity contribution < 1.29 is 8.78 Å². The van der Waals surface area contributed by atoms with Crippen LogP contribution in [0.4, 0.5) is 14.6 Å². The molecule has 0 spiro atoms. The van der Waals surface area contributed by atoms with Gasteiger partial charge in [-0.2, -0.15) is 0 Å². The Morgan fingerprint density at radius 1 is 1.58 bits per heavy atom. The van der Waals surface area contributed by atoms with Crippen LogP contribution in [0.3, 0.4) is 0 Å². The average molecular weight is 286 g/mol. The first-order valence-electron chi connectivity index (χ1n) is 2.98. The molecule has 0 fully saturated rings. The van der Waals surface area contributed by atoms with Crippen molar-refractivity contribution in [1.29, 1.82) is 0 Å². The van der Waals surface area contributed by atoms with Gasteiger partial charge in [-0.3, -0.25) is 4.79 Å². The lowest BCUT2D eigenvalue weighted by atomic mass is 10.3. The lowest BCUT2D eigenvalue weighted by Crippen LogP contribution is -2.13. The van der Waals surface area contributed by atoms with E-state index in [0.717, 1.165) is 6.07 Å². The molecule has 0 aliphatic rings. The Morgan fingerprint density at radius 3 is 2.58 bits per heavy atom. The minimum Gasteiger partial charge on any atom is -0.385 e. The fourth-order valence-corrected chi connectivity index (χ4v) is 1.57. The van der Waals surface area contributed by atoms with Gasteiger partial charge in [0.2, 0.25) is 0 Å². The molecule has 3 nitrogen and oxygen atoms in total. The highest BCUT2D eigenvalue weighted by atomic mass is 127. The molecule has 6 heteroatoms. The van der Waals surface area contributed by atoms with Gasteiger partial charge in [0.1, 0.15) is 5.82 Å². The van der Waals surface area contributed by atoms with Crippen LogP contribution in [0.2, 0.25) is 0 Å². The standard InChI is InChI=1S/C6H5F2IN2O/c7-5(8)4-2(12)1-3(10)11-6(4)9/h1,5H,(H3,10,11,12). The molecule has 3 N–H and O–H groups in total. The van der Waals surface area contributed by atoms with E-state index in [4.69, 9.17) is 5.73 Å². The summed E-state index contributed by atoms with van der Waals surface area (Å²) in [6, 6.07) is 0.948. The molecule has 0 saturated carbocycles. The van der Waals surface area contributed by atoms with Crippen LogP contribution in [-0.4, -0.2) is 4.98 Å². The number of pyridine rings is 1. The molecule has 0 atom stereocenters. The van der Waals surface area contributed by atoms with Crippen LogP contribution in [-0.2, 0) is 0 Å². The second kappa shape index (κ2) is 3.38. The largest absolute Gasteiger partial charge is 0.385 e. The lowest BCUT2D eigenvalue weighted by Gasteiger charge is -2.02. The van der Waals surface area contributed by atoms with E-state index in [2.05, 4.69) is 4.98 Å². The number of anilines is 1. The third-order valence-electron chi connectivity index (χ3n) is 1.26. The van der Waals surface area contributed by atoms with Gasteiger partial charge in [0.15, 0.2) is 5.43 Å². The molecule has 0 aromatic carbocycles. The summed E-state index contributed by atoms with van der Waals surface area (Å²) in [6.07, 6.45) is -2.76. The van der Waals surface area contributed by atoms with E-state index in [9.17, 15) is 13.6 Å². The van der Waals surface area contributed by atoms with Crippen LogP contribution in [0.5, 0.6) is 0 Å². The van der Waals surface area contributed by atoms with Crippen LogP contribution in [0, 0.1) is 3.70 Å². The molecule has 0 unspecified atom stereocenters. The maximum atomic E-state index is 12.2. The molecule has 1 aromatic heterocycles. The maximum absolute atomic E-state index is 12.2. The van der Waals surface area contributed by atoms with Crippen molar-refractivity contribution in [2.75, 3.05) is 5.73 Å². The molecule has 1 rings (SSSR count). The van der Waals surface area contributed by atoms with Gasteiger partial charge >= 0.3 is 0 Å². The molecule has 0 saturated heterocycles. The Hall–Kier alpha value is -0.660. The van der Waals surface area contributed by atoms with Crippen molar-refractivity contribution in [2.24, 2.45) is 0 Å². The zero-order valence-corrected chi connectivity index (χ0v) is 7.93. The molecular formula is C6H5F2IN2O. The predicted octanol–water partition coefficient (Wildman–Crippen LogP) is 1.50. The average Bonchev–Trinajstić information content (AvgIpc) is 1.82. The van der Waals surface area contributed by atoms with Gasteiger partial charge in [-0.05, 0) is 22.6 Å². The number of aromatic nitrogens is 1. The van der Waals surface area contributed by atoms with Crippen LogP contribution in [0.1, 0.15) is 12.0 Å². The first-order chi connectivity index (χ1) is 5.52. The SMILES string of the molecule is Nc1cc(=O)c(C(F)F)c(I)[nH]1. The molecule has 0 bridgehead atoms. The summed E-state index contributed by atoms with van der Waals surface area (Å²) in [5.41, 5.74) is 3.97. The number of alkyl halides is 2. The Balaban J connectivity index is 3.39. The smallest absolute Gasteiger partial charge is 0.270 e. The van der Waals surface area contributed by atoms with E-state index in [1.165, 1.54) is 0 Å². The number of H-pyrrole nitrogens is 1. The highest BCUT2D eigenvalue weighted by Gasteiger charge is 2.16. The predicted molar refractivity (Wildman–Crippen MR) is 49.1 cm³/mol. The minimum atomic E-state index is -2.76. The number of aromatic amines is 1. The van der Waals surface area contributed by atoms with Gasteiger partial charge in [-0.15, -0.1) is 0 Å². The van der Waals surface area contributed by atoms with Crippen molar-refractivity contribution in [3.63, 3.8) is 0 Å². The zero-order chi connectivity index (χ0) is 9.30. The second-order valence-corrected chi connectivity index (χ2v) is 3.20. The molecule has 1 aromatic rings. The van der Waals surface area contributed by atoms with Gasteiger partial charge in [0.05, 0.1) is 9.26 Å². The number of nitrogens with two attached hydrogens (primary N) is 1. The summed E-state index contributed by atoms with van der Waals surface area (Å²) >= 11 is 1.61. The minimum absolute atomic E-state index is 0.0904. The summed E-state index contributed by atoms with van der Waals surface area (Å²) < 4.78 is 24.4. The molecule has 66 valence electrons. The van der Waals surface area contributed by atoms with Crippen LogP contribution in [0.25, 0.3) is 0 Å². The van der Waals surface area contributed by atoms with E-state index in [1.54, 1.807) is 22.6 Å². The Kier molecular flexibility index (Phi) is 2.65. The Morgan fingerprint density at radius 2 is 2.17 bits per heavy atom. The molecule has 0 amide bonds. The summed E-state index contributed by atoms with van der Waals surface area (Å²) in [4.78, 5) is 13.4. The summed E-state index contributed by atoms with van der Waals surface area (Å²) in [7, 11) is 0. The van der Waals surface area contributed by atoms with Crippen LogP contribution >= 0.6 is 22.6 Å². The first-order valence-corrected chi connectivity index (χ1v) is 4.06. The molecule has 0 aliphatic heterocycles. The van der Waals surface area contributed by atoms with Crippen molar-refractivity contribution in [2.45, 2.75) is 6.43 Å². The zero-order valence-electron chi connectivity index (χ0n) is 5.77. The van der Waals surface area contributed by atoms with Crippen molar-refractivity contribution in [1.82, 2.24) is 4.98 Å². The van der Waals surface area contributed by atoms with Crippen LogP contribution < -0.4 is 11.2 Å². The number of hydrogen-bond donors (Lipinski definition) is 2. The Bertz CT molecular complexity index is 350. The van der Waals surface area contributed by atoms with Crippen molar-refractivity contribution in [3.05, 3.63) is 25.6 Å². The monoisotopic (exact) mass is 286 g/mol. The number of halogens is 3. The molecular weight excluding hydrogens is 281 g/mol. The van der Waals surface area contributed by atoms with E-state index in [-0.39, 0.29) is 9.52 Å². The first kappa shape index (κ1) is 9.43. The number of hydrogen-bond acceptors (Lipinski definition) is 2. The fraction of sp³-hybridized carbons (Fsp3) is 0.167. The summed E-state index contributed by atoms with van der Waals surface area (Å²) in [6.45, 7) is 0. The molecule has 1 heterocycles. The van der Waals surface area contributed by atoms with Crippen molar-refractivity contribution in [3.8, 4) is 0 Å². The number of rotatable bonds is 1. The number of nitrogens with one attached hydrogen (secondary N) is 1.